The summed E-state index contributed by atoms with van der Waals surface area (Å²) in [5, 5.41) is 10.0. The fourth-order valence-electron chi connectivity index (χ4n) is 5.92. The Balaban J connectivity index is 1.78. The van der Waals surface area contributed by atoms with E-state index in [4.69, 9.17) is 10.2 Å². The molecule has 0 amide bonds. The standard InChI is InChI=1S/C21H22N2/c1-19(2)20(15-9-5-3-6-10-15)17-13-14-18(17)21(19,23-22-20)16-11-7-4-8-12-16/h3-12,17-18H,13-14H2,1-2H3/t17-,18-,20-,21-/m0/s1. The highest BCUT2D eigenvalue weighted by Gasteiger charge is 2.79. The Bertz CT molecular complexity index is 715. The van der Waals surface area contributed by atoms with Crippen LogP contribution in [-0.4, -0.2) is 0 Å². The largest absolute Gasteiger partial charge is 0.181 e. The van der Waals surface area contributed by atoms with Crippen molar-refractivity contribution >= 4 is 0 Å². The quantitative estimate of drug-likeness (QED) is 0.718. The molecule has 2 bridgehead atoms. The van der Waals surface area contributed by atoms with Crippen molar-refractivity contribution in [3.63, 3.8) is 0 Å². The summed E-state index contributed by atoms with van der Waals surface area (Å²) < 4.78 is 0. The molecule has 3 aliphatic rings. The number of rotatable bonds is 2. The first-order chi connectivity index (χ1) is 11.1. The second-order valence-corrected chi connectivity index (χ2v) is 7.88. The van der Waals surface area contributed by atoms with Gasteiger partial charge in [0.1, 0.15) is 11.1 Å². The second kappa shape index (κ2) is 4.11. The van der Waals surface area contributed by atoms with Crippen LogP contribution in [0.2, 0.25) is 0 Å². The van der Waals surface area contributed by atoms with E-state index in [0.717, 1.165) is 0 Å². The van der Waals surface area contributed by atoms with Crippen molar-refractivity contribution in [2.75, 3.05) is 0 Å². The summed E-state index contributed by atoms with van der Waals surface area (Å²) >= 11 is 0. The van der Waals surface area contributed by atoms with Gasteiger partial charge < -0.3 is 0 Å². The van der Waals surface area contributed by atoms with Crippen LogP contribution in [0, 0.1) is 17.3 Å². The van der Waals surface area contributed by atoms with E-state index in [9.17, 15) is 0 Å². The number of hydrogen-bond acceptors (Lipinski definition) is 2. The molecular weight excluding hydrogens is 280 g/mol. The van der Waals surface area contributed by atoms with Gasteiger partial charge in [-0.1, -0.05) is 74.5 Å². The maximum absolute atomic E-state index is 5.01. The summed E-state index contributed by atoms with van der Waals surface area (Å²) in [6, 6.07) is 21.8. The van der Waals surface area contributed by atoms with Gasteiger partial charge in [0.2, 0.25) is 0 Å². The molecule has 0 saturated heterocycles. The number of azo groups is 1. The highest BCUT2D eigenvalue weighted by atomic mass is 15.3. The molecule has 1 aliphatic heterocycles. The molecule has 2 saturated carbocycles. The van der Waals surface area contributed by atoms with Crippen LogP contribution in [-0.2, 0) is 11.1 Å². The molecule has 2 heteroatoms. The van der Waals surface area contributed by atoms with Gasteiger partial charge in [-0.2, -0.15) is 10.2 Å². The number of fused-ring (bicyclic) bond motifs is 5. The smallest absolute Gasteiger partial charge is 0.117 e. The van der Waals surface area contributed by atoms with Gasteiger partial charge in [0.05, 0.1) is 0 Å². The van der Waals surface area contributed by atoms with Crippen molar-refractivity contribution in [3.05, 3.63) is 71.8 Å². The van der Waals surface area contributed by atoms with Crippen LogP contribution in [0.15, 0.2) is 70.9 Å². The molecule has 2 aliphatic carbocycles. The lowest BCUT2D eigenvalue weighted by Crippen LogP contribution is -2.43. The number of hydrogen-bond donors (Lipinski definition) is 0. The summed E-state index contributed by atoms with van der Waals surface area (Å²) in [6.45, 7) is 4.79. The van der Waals surface area contributed by atoms with E-state index in [-0.39, 0.29) is 16.5 Å². The van der Waals surface area contributed by atoms with E-state index in [1.807, 2.05) is 0 Å². The van der Waals surface area contributed by atoms with Crippen molar-refractivity contribution in [2.45, 2.75) is 37.8 Å². The lowest BCUT2D eigenvalue weighted by molar-refractivity contribution is 0.0843. The minimum Gasteiger partial charge on any atom is -0.181 e. The Hall–Kier alpha value is -1.96. The monoisotopic (exact) mass is 302 g/mol. The van der Waals surface area contributed by atoms with Crippen molar-refractivity contribution in [2.24, 2.45) is 27.5 Å². The summed E-state index contributed by atoms with van der Waals surface area (Å²) in [5.41, 5.74) is 2.37. The van der Waals surface area contributed by atoms with E-state index in [0.29, 0.717) is 11.8 Å². The van der Waals surface area contributed by atoms with E-state index in [1.165, 1.54) is 24.0 Å². The first-order valence-electron chi connectivity index (χ1n) is 8.70. The molecule has 1 heterocycles. The van der Waals surface area contributed by atoms with Gasteiger partial charge in [0, 0.05) is 5.41 Å². The minimum atomic E-state index is -0.160. The zero-order valence-electron chi connectivity index (χ0n) is 13.7. The van der Waals surface area contributed by atoms with Crippen molar-refractivity contribution < 1.29 is 0 Å². The first-order valence-corrected chi connectivity index (χ1v) is 8.70. The van der Waals surface area contributed by atoms with E-state index in [2.05, 4.69) is 74.5 Å². The average molecular weight is 302 g/mol. The van der Waals surface area contributed by atoms with Crippen LogP contribution in [0.5, 0.6) is 0 Å². The SMILES string of the molecule is CC1(C)[C@@]2(c3ccccc3)N=N[C@@]1(c1ccccc1)[C@H]1CC[C@@H]12. The van der Waals surface area contributed by atoms with E-state index < -0.39 is 0 Å². The third kappa shape index (κ3) is 1.26. The zero-order chi connectivity index (χ0) is 15.7. The van der Waals surface area contributed by atoms with Crippen molar-refractivity contribution in [1.82, 2.24) is 0 Å². The average Bonchev–Trinajstić information content (AvgIpc) is 2.84. The number of benzene rings is 2. The fourth-order valence-corrected chi connectivity index (χ4v) is 5.92. The summed E-state index contributed by atoms with van der Waals surface area (Å²) in [6.07, 6.45) is 2.55. The Morgan fingerprint density at radius 2 is 1.09 bits per heavy atom. The van der Waals surface area contributed by atoms with Crippen LogP contribution >= 0.6 is 0 Å². The molecule has 2 nitrogen and oxygen atoms in total. The summed E-state index contributed by atoms with van der Waals surface area (Å²) in [5.74, 6) is 1.25. The van der Waals surface area contributed by atoms with Gasteiger partial charge in [-0.25, -0.2) is 0 Å². The fraction of sp³-hybridized carbons (Fsp3) is 0.429. The van der Waals surface area contributed by atoms with E-state index in [1.54, 1.807) is 0 Å². The molecule has 2 fully saturated rings. The Kier molecular flexibility index (Phi) is 2.41. The van der Waals surface area contributed by atoms with Crippen LogP contribution in [0.3, 0.4) is 0 Å². The van der Waals surface area contributed by atoms with Crippen LogP contribution in [0.1, 0.15) is 37.8 Å². The molecule has 23 heavy (non-hydrogen) atoms. The van der Waals surface area contributed by atoms with Crippen LogP contribution in [0.25, 0.3) is 0 Å². The molecule has 2 aromatic rings. The Labute approximate surface area is 137 Å². The highest BCUT2D eigenvalue weighted by Crippen LogP contribution is 2.78. The maximum atomic E-state index is 5.01. The third-order valence-corrected chi connectivity index (χ3v) is 7.05. The Morgan fingerprint density at radius 3 is 1.43 bits per heavy atom. The van der Waals surface area contributed by atoms with Crippen LogP contribution in [0.4, 0.5) is 0 Å². The maximum Gasteiger partial charge on any atom is 0.117 e. The van der Waals surface area contributed by atoms with E-state index >= 15 is 0 Å². The van der Waals surface area contributed by atoms with Gasteiger partial charge in [-0.15, -0.1) is 0 Å². The third-order valence-electron chi connectivity index (χ3n) is 7.05. The molecule has 0 aromatic heterocycles. The minimum absolute atomic E-state index is 0.00542. The molecule has 5 rings (SSSR count). The van der Waals surface area contributed by atoms with Crippen LogP contribution < -0.4 is 0 Å². The first kappa shape index (κ1) is 13.5. The molecule has 0 spiro atoms. The van der Waals surface area contributed by atoms with Crippen molar-refractivity contribution in [1.29, 1.82) is 0 Å². The molecular formula is C21H22N2. The van der Waals surface area contributed by atoms with Gasteiger partial charge in [0.25, 0.3) is 0 Å². The lowest BCUT2D eigenvalue weighted by atomic mass is 9.62. The molecule has 0 unspecified atom stereocenters. The van der Waals surface area contributed by atoms with Gasteiger partial charge in [0.15, 0.2) is 0 Å². The predicted molar refractivity (Wildman–Crippen MR) is 91.1 cm³/mol. The zero-order valence-corrected chi connectivity index (χ0v) is 13.7. The topological polar surface area (TPSA) is 24.7 Å². The molecule has 0 N–H and O–H groups in total. The highest BCUT2D eigenvalue weighted by molar-refractivity contribution is 5.45. The molecule has 2 aromatic carbocycles. The van der Waals surface area contributed by atoms with Crippen molar-refractivity contribution in [3.8, 4) is 0 Å². The Morgan fingerprint density at radius 1 is 0.696 bits per heavy atom. The predicted octanol–water partition coefficient (Wildman–Crippen LogP) is 5.31. The molecule has 0 radical (unpaired) electrons. The lowest BCUT2D eigenvalue weighted by Gasteiger charge is -2.45. The number of nitrogens with zero attached hydrogens (tertiary/aromatic N) is 2. The normalized spacial score (nSPS) is 39.0. The molecule has 4 atom stereocenters. The summed E-state index contributed by atoms with van der Waals surface area (Å²) in [7, 11) is 0. The van der Waals surface area contributed by atoms with Gasteiger partial charge >= 0.3 is 0 Å². The summed E-state index contributed by atoms with van der Waals surface area (Å²) in [4.78, 5) is 0. The van der Waals surface area contributed by atoms with Gasteiger partial charge in [-0.3, -0.25) is 0 Å². The van der Waals surface area contributed by atoms with Gasteiger partial charge in [-0.05, 0) is 35.8 Å². The molecule has 116 valence electrons. The second-order valence-electron chi connectivity index (χ2n) is 7.88.